The van der Waals surface area contributed by atoms with Crippen molar-refractivity contribution in [3.63, 3.8) is 0 Å². The minimum absolute atomic E-state index is 0.0778. The maximum atomic E-state index is 14.6. The lowest BCUT2D eigenvalue weighted by molar-refractivity contribution is -0.669. The lowest BCUT2D eigenvalue weighted by Crippen LogP contribution is -2.30. The van der Waals surface area contributed by atoms with E-state index in [2.05, 4.69) is 15.2 Å². The third-order valence-corrected chi connectivity index (χ3v) is 3.84. The molecule has 33 heavy (non-hydrogen) atoms. The number of ether oxygens (including phenoxy) is 2. The lowest BCUT2D eigenvalue weighted by atomic mass is 10.1. The van der Waals surface area contributed by atoms with Crippen molar-refractivity contribution in [1.29, 1.82) is 0 Å². The maximum absolute atomic E-state index is 14.6. The molecule has 14 heteroatoms. The molecule has 0 atom stereocenters. The summed E-state index contributed by atoms with van der Waals surface area (Å²) in [4.78, 5) is 12.7. The highest BCUT2D eigenvalue weighted by Gasteiger charge is 2.34. The monoisotopic (exact) mass is 477 g/mol. The number of carbonyl (C=O) groups excluding carboxylic acids is 1. The van der Waals surface area contributed by atoms with E-state index in [1.54, 1.807) is 0 Å². The van der Waals surface area contributed by atoms with E-state index in [1.807, 2.05) is 0 Å². The topological polar surface area (TPSA) is 87.4 Å². The van der Waals surface area contributed by atoms with Crippen LogP contribution in [0.15, 0.2) is 54.9 Å². The molecule has 0 radical (unpaired) electrons. The summed E-state index contributed by atoms with van der Waals surface area (Å²) >= 11 is 0. The molecule has 3 aromatic rings. The van der Waals surface area contributed by atoms with Gasteiger partial charge in [-0.15, -0.1) is 13.2 Å². The van der Waals surface area contributed by atoms with Crippen molar-refractivity contribution in [1.82, 2.24) is 5.10 Å². The van der Waals surface area contributed by atoms with Gasteiger partial charge in [-0.3, -0.25) is 4.79 Å². The number of amides is 1. The molecule has 0 fully saturated rings. The van der Waals surface area contributed by atoms with Crippen LogP contribution in [0.2, 0.25) is 0 Å². The molecule has 1 amide bonds. The number of benzene rings is 2. The van der Waals surface area contributed by atoms with Crippen LogP contribution in [0.3, 0.4) is 0 Å². The van der Waals surface area contributed by atoms with Gasteiger partial charge in [-0.2, -0.15) is 13.2 Å². The zero-order valence-electron chi connectivity index (χ0n) is 15.9. The van der Waals surface area contributed by atoms with E-state index in [9.17, 15) is 40.7 Å². The molecule has 174 valence electrons. The minimum atomic E-state index is -5.00. The second-order valence-corrected chi connectivity index (χ2v) is 6.22. The van der Waals surface area contributed by atoms with E-state index in [0.29, 0.717) is 6.07 Å². The summed E-state index contributed by atoms with van der Waals surface area (Å²) in [6.45, 7) is 0. The summed E-state index contributed by atoms with van der Waals surface area (Å²) in [5, 5.41) is 16.4. The first-order valence-corrected chi connectivity index (χ1v) is 8.63. The Morgan fingerprint density at radius 1 is 1.00 bits per heavy atom. The van der Waals surface area contributed by atoms with E-state index in [4.69, 9.17) is 4.74 Å². The first-order chi connectivity index (χ1) is 15.3. The van der Waals surface area contributed by atoms with E-state index < -0.39 is 46.9 Å². The van der Waals surface area contributed by atoms with Crippen molar-refractivity contribution in [3.8, 4) is 17.2 Å². The van der Waals surface area contributed by atoms with E-state index >= 15 is 0 Å². The lowest BCUT2D eigenvalue weighted by Gasteiger charge is -2.16. The number of rotatable bonds is 5. The van der Waals surface area contributed by atoms with Crippen molar-refractivity contribution >= 4 is 11.6 Å². The van der Waals surface area contributed by atoms with Gasteiger partial charge in [-0.1, -0.05) is 4.85 Å². The summed E-state index contributed by atoms with van der Waals surface area (Å²) in [6, 6.07) is 4.97. The zero-order valence-corrected chi connectivity index (χ0v) is 15.9. The van der Waals surface area contributed by atoms with Gasteiger partial charge in [0, 0.05) is 11.2 Å². The highest BCUT2D eigenvalue weighted by molar-refractivity contribution is 6.06. The molecule has 2 aromatic carbocycles. The first-order valence-electron chi connectivity index (χ1n) is 8.63. The molecule has 0 aliphatic rings. The second kappa shape index (κ2) is 8.80. The van der Waals surface area contributed by atoms with Crippen molar-refractivity contribution in [3.05, 3.63) is 77.0 Å². The van der Waals surface area contributed by atoms with Gasteiger partial charge >= 0.3 is 12.5 Å². The molecular formula is C19H10F7N3O4. The van der Waals surface area contributed by atoms with Crippen molar-refractivity contribution in [2.75, 3.05) is 5.32 Å². The van der Waals surface area contributed by atoms with Crippen LogP contribution in [0, 0.1) is 11.0 Å². The Labute approximate surface area is 179 Å². The molecule has 0 unspecified atom stereocenters. The standard InChI is InChI=1S/C19H10F7N3O4/c20-14-7-10(18(21,22)23)8-15(16(14)17(30)28-11-5-6-29(31)27-9-11)32-12-1-3-13(4-2-12)33-19(24,25)26/h1-9H,(H,28,30). The van der Waals surface area contributed by atoms with Gasteiger partial charge in [0.2, 0.25) is 6.20 Å². The zero-order chi connectivity index (χ0) is 24.4. The third kappa shape index (κ3) is 6.21. The average molecular weight is 477 g/mol. The summed E-state index contributed by atoms with van der Waals surface area (Å²) in [5.41, 5.74) is -2.49. The van der Waals surface area contributed by atoms with Crippen molar-refractivity contribution in [2.45, 2.75) is 12.5 Å². The Morgan fingerprint density at radius 3 is 2.18 bits per heavy atom. The fourth-order valence-corrected chi connectivity index (χ4v) is 2.49. The Balaban J connectivity index is 1.96. The van der Waals surface area contributed by atoms with Gasteiger partial charge in [0.25, 0.3) is 5.91 Å². The van der Waals surface area contributed by atoms with Crippen LogP contribution in [0.4, 0.5) is 36.4 Å². The van der Waals surface area contributed by atoms with Gasteiger partial charge in [-0.05, 0) is 36.4 Å². The fourth-order valence-electron chi connectivity index (χ4n) is 2.49. The highest BCUT2D eigenvalue weighted by atomic mass is 19.4. The SMILES string of the molecule is O=C(Nc1cc[n+]([O-])nc1)c1c(F)cc(C(F)(F)F)cc1Oc1ccc(OC(F)(F)F)cc1. The number of hydrogen-bond acceptors (Lipinski definition) is 5. The molecule has 0 spiro atoms. The van der Waals surface area contributed by atoms with Crippen molar-refractivity contribution < 1.29 is 49.8 Å². The average Bonchev–Trinajstić information content (AvgIpc) is 2.69. The summed E-state index contributed by atoms with van der Waals surface area (Å²) in [7, 11) is 0. The number of hydrogen-bond donors (Lipinski definition) is 1. The molecule has 0 saturated heterocycles. The molecule has 1 aromatic heterocycles. The van der Waals surface area contributed by atoms with Gasteiger partial charge < -0.3 is 20.0 Å². The van der Waals surface area contributed by atoms with E-state index in [0.717, 1.165) is 42.7 Å². The van der Waals surface area contributed by atoms with Crippen LogP contribution in [0.25, 0.3) is 0 Å². The minimum Gasteiger partial charge on any atom is -0.594 e. The van der Waals surface area contributed by atoms with Crippen LogP contribution >= 0.6 is 0 Å². The van der Waals surface area contributed by atoms with Gasteiger partial charge in [0.1, 0.15) is 34.8 Å². The number of aromatic nitrogens is 2. The summed E-state index contributed by atoms with van der Waals surface area (Å²) in [5.74, 6) is -4.65. The molecular weight excluding hydrogens is 467 g/mol. The van der Waals surface area contributed by atoms with E-state index in [1.165, 1.54) is 0 Å². The summed E-state index contributed by atoms with van der Waals surface area (Å²) in [6.07, 6.45) is -8.16. The number of alkyl halides is 6. The highest BCUT2D eigenvalue weighted by Crippen LogP contribution is 2.37. The van der Waals surface area contributed by atoms with Crippen LogP contribution < -0.4 is 19.6 Å². The van der Waals surface area contributed by atoms with Gasteiger partial charge in [-0.25, -0.2) is 4.39 Å². The molecule has 0 bridgehead atoms. The Kier molecular flexibility index (Phi) is 6.28. The van der Waals surface area contributed by atoms with Gasteiger partial charge in [0.05, 0.1) is 11.3 Å². The predicted octanol–water partition coefficient (Wildman–Crippen LogP) is 4.82. The van der Waals surface area contributed by atoms with Gasteiger partial charge in [0.15, 0.2) is 0 Å². The largest absolute Gasteiger partial charge is 0.594 e. The molecule has 0 aliphatic heterocycles. The Bertz CT molecular complexity index is 1150. The fraction of sp³-hybridized carbons (Fsp3) is 0.105. The Morgan fingerprint density at radius 2 is 1.64 bits per heavy atom. The molecule has 0 saturated carbocycles. The molecule has 0 aliphatic carbocycles. The van der Waals surface area contributed by atoms with Crippen LogP contribution in [-0.4, -0.2) is 17.4 Å². The smallest absolute Gasteiger partial charge is 0.573 e. The number of halogens is 7. The maximum Gasteiger partial charge on any atom is 0.573 e. The first kappa shape index (κ1) is 23.6. The molecule has 7 nitrogen and oxygen atoms in total. The quantitative estimate of drug-likeness (QED) is 0.324. The van der Waals surface area contributed by atoms with Crippen LogP contribution in [0.5, 0.6) is 17.2 Å². The summed E-state index contributed by atoms with van der Waals surface area (Å²) < 4.78 is 99.6. The van der Waals surface area contributed by atoms with Crippen molar-refractivity contribution in [2.24, 2.45) is 0 Å². The second-order valence-electron chi connectivity index (χ2n) is 6.22. The molecule has 1 N–H and O–H groups in total. The third-order valence-electron chi connectivity index (χ3n) is 3.84. The number of anilines is 1. The number of carbonyl (C=O) groups is 1. The Hall–Kier alpha value is -4.10. The number of nitrogens with one attached hydrogen (secondary N) is 1. The number of nitrogens with zero attached hydrogens (tertiary/aromatic N) is 2. The van der Waals surface area contributed by atoms with Crippen LogP contribution in [-0.2, 0) is 6.18 Å². The molecule has 1 heterocycles. The normalized spacial score (nSPS) is 11.7. The van der Waals surface area contributed by atoms with Crippen LogP contribution in [0.1, 0.15) is 15.9 Å². The predicted molar refractivity (Wildman–Crippen MR) is 95.8 cm³/mol. The van der Waals surface area contributed by atoms with E-state index in [-0.39, 0.29) is 22.3 Å². The molecule has 3 rings (SSSR count).